The molecule has 0 aliphatic carbocycles. The summed E-state index contributed by atoms with van der Waals surface area (Å²) in [7, 11) is 2.78. The Balaban J connectivity index is 4.84. The molecule has 0 bridgehead atoms. The number of rotatable bonds is 7. The number of carbonyl (C=O) groups is 2. The van der Waals surface area contributed by atoms with Crippen LogP contribution in [0.15, 0.2) is 0 Å². The van der Waals surface area contributed by atoms with Crippen molar-refractivity contribution in [3.05, 3.63) is 0 Å². The lowest BCUT2D eigenvalue weighted by Crippen LogP contribution is -2.28. The molecule has 0 spiro atoms. The molecule has 0 aromatic rings. The Labute approximate surface area is 116 Å². The number of hydrogen-bond donors (Lipinski definition) is 0. The van der Waals surface area contributed by atoms with E-state index in [1.807, 2.05) is 6.92 Å². The highest BCUT2D eigenvalue weighted by molar-refractivity contribution is 5.76. The Bertz CT molecular complexity index is 291. The SMILES string of the molecule is CCC[C@@H](C[C@@H](CC(C)(C)C)C(=O)OC)C(=O)OC. The van der Waals surface area contributed by atoms with E-state index in [9.17, 15) is 9.59 Å². The second-order valence-electron chi connectivity index (χ2n) is 6.23. The van der Waals surface area contributed by atoms with E-state index in [-0.39, 0.29) is 29.2 Å². The van der Waals surface area contributed by atoms with Gasteiger partial charge in [0.15, 0.2) is 0 Å². The third-order valence-electron chi connectivity index (χ3n) is 3.13. The van der Waals surface area contributed by atoms with Crippen LogP contribution in [-0.4, -0.2) is 26.2 Å². The monoisotopic (exact) mass is 272 g/mol. The zero-order valence-corrected chi connectivity index (χ0v) is 13.1. The van der Waals surface area contributed by atoms with Gasteiger partial charge in [-0.15, -0.1) is 0 Å². The Morgan fingerprint density at radius 3 is 1.84 bits per heavy atom. The maximum Gasteiger partial charge on any atom is 0.308 e. The summed E-state index contributed by atoms with van der Waals surface area (Å²) in [6.45, 7) is 8.26. The van der Waals surface area contributed by atoms with Gasteiger partial charge in [-0.2, -0.15) is 0 Å². The van der Waals surface area contributed by atoms with Gasteiger partial charge in [-0.05, 0) is 24.7 Å². The predicted octanol–water partition coefficient (Wildman–Crippen LogP) is 3.19. The fourth-order valence-corrected chi connectivity index (χ4v) is 2.36. The van der Waals surface area contributed by atoms with Crippen molar-refractivity contribution in [1.82, 2.24) is 0 Å². The highest BCUT2D eigenvalue weighted by Crippen LogP contribution is 2.31. The van der Waals surface area contributed by atoms with Crippen molar-refractivity contribution in [2.24, 2.45) is 17.3 Å². The zero-order chi connectivity index (χ0) is 15.1. The van der Waals surface area contributed by atoms with Crippen molar-refractivity contribution in [3.63, 3.8) is 0 Å². The van der Waals surface area contributed by atoms with Crippen LogP contribution in [0.5, 0.6) is 0 Å². The molecular weight excluding hydrogens is 244 g/mol. The molecule has 0 aromatic heterocycles. The molecule has 0 unspecified atom stereocenters. The van der Waals surface area contributed by atoms with E-state index in [0.717, 1.165) is 12.8 Å². The molecule has 2 atom stereocenters. The highest BCUT2D eigenvalue weighted by atomic mass is 16.5. The summed E-state index contributed by atoms with van der Waals surface area (Å²) >= 11 is 0. The topological polar surface area (TPSA) is 52.6 Å². The number of esters is 2. The van der Waals surface area contributed by atoms with Crippen LogP contribution >= 0.6 is 0 Å². The van der Waals surface area contributed by atoms with Gasteiger partial charge in [-0.25, -0.2) is 0 Å². The lowest BCUT2D eigenvalue weighted by Gasteiger charge is -2.26. The number of ether oxygens (including phenoxy) is 2. The molecule has 0 aliphatic rings. The van der Waals surface area contributed by atoms with E-state index in [4.69, 9.17) is 9.47 Å². The van der Waals surface area contributed by atoms with Gasteiger partial charge < -0.3 is 9.47 Å². The van der Waals surface area contributed by atoms with Crippen LogP contribution in [0.4, 0.5) is 0 Å². The maximum atomic E-state index is 11.9. The van der Waals surface area contributed by atoms with Crippen LogP contribution in [0.25, 0.3) is 0 Å². The van der Waals surface area contributed by atoms with Gasteiger partial charge >= 0.3 is 11.9 Å². The molecule has 4 nitrogen and oxygen atoms in total. The molecule has 4 heteroatoms. The summed E-state index contributed by atoms with van der Waals surface area (Å²) < 4.78 is 9.68. The molecule has 0 N–H and O–H groups in total. The summed E-state index contributed by atoms with van der Waals surface area (Å²) in [6.07, 6.45) is 2.84. The first-order valence-electron chi connectivity index (χ1n) is 6.90. The molecular formula is C15H28O4. The third-order valence-corrected chi connectivity index (χ3v) is 3.13. The fraction of sp³-hybridized carbons (Fsp3) is 0.867. The van der Waals surface area contributed by atoms with Crippen LogP contribution in [0, 0.1) is 17.3 Å². The molecule has 0 fully saturated rings. The quantitative estimate of drug-likeness (QED) is 0.668. The number of hydrogen-bond acceptors (Lipinski definition) is 4. The Morgan fingerprint density at radius 1 is 1.00 bits per heavy atom. The van der Waals surface area contributed by atoms with Gasteiger partial charge in [0.2, 0.25) is 0 Å². The molecule has 0 rings (SSSR count). The number of carbonyl (C=O) groups excluding carboxylic acids is 2. The zero-order valence-electron chi connectivity index (χ0n) is 13.1. The van der Waals surface area contributed by atoms with Gasteiger partial charge in [0.25, 0.3) is 0 Å². The average Bonchev–Trinajstić information content (AvgIpc) is 2.33. The van der Waals surface area contributed by atoms with Crippen molar-refractivity contribution in [1.29, 1.82) is 0 Å². The molecule has 0 saturated heterocycles. The van der Waals surface area contributed by atoms with E-state index < -0.39 is 0 Å². The molecule has 19 heavy (non-hydrogen) atoms. The second-order valence-corrected chi connectivity index (χ2v) is 6.23. The minimum atomic E-state index is -0.249. The third kappa shape index (κ3) is 7.19. The summed E-state index contributed by atoms with van der Waals surface area (Å²) in [5.74, 6) is -0.938. The fourth-order valence-electron chi connectivity index (χ4n) is 2.36. The highest BCUT2D eigenvalue weighted by Gasteiger charge is 2.31. The van der Waals surface area contributed by atoms with Gasteiger partial charge in [0.1, 0.15) is 0 Å². The average molecular weight is 272 g/mol. The predicted molar refractivity (Wildman–Crippen MR) is 74.6 cm³/mol. The standard InChI is InChI=1S/C15H28O4/c1-7-8-11(13(16)18-5)9-12(14(17)19-6)10-15(2,3)4/h11-12H,7-10H2,1-6H3/t11-,12-/m0/s1. The van der Waals surface area contributed by atoms with Crippen molar-refractivity contribution in [3.8, 4) is 0 Å². The summed E-state index contributed by atoms with van der Waals surface area (Å²) in [5.41, 5.74) is 0.0196. The van der Waals surface area contributed by atoms with Crippen molar-refractivity contribution < 1.29 is 19.1 Å². The van der Waals surface area contributed by atoms with Crippen LogP contribution in [-0.2, 0) is 19.1 Å². The summed E-state index contributed by atoms with van der Waals surface area (Å²) in [4.78, 5) is 23.6. The first-order chi connectivity index (χ1) is 8.75. The van der Waals surface area contributed by atoms with E-state index in [2.05, 4.69) is 20.8 Å². The normalized spacial score (nSPS) is 14.6. The molecule has 0 heterocycles. The Kier molecular flexibility index (Phi) is 7.72. The van der Waals surface area contributed by atoms with Crippen molar-refractivity contribution in [2.75, 3.05) is 14.2 Å². The van der Waals surface area contributed by atoms with E-state index in [0.29, 0.717) is 12.8 Å². The lowest BCUT2D eigenvalue weighted by atomic mass is 9.80. The first-order valence-corrected chi connectivity index (χ1v) is 6.90. The lowest BCUT2D eigenvalue weighted by molar-refractivity contribution is -0.150. The molecule has 0 saturated carbocycles. The molecule has 112 valence electrons. The smallest absolute Gasteiger partial charge is 0.308 e. The van der Waals surface area contributed by atoms with E-state index in [1.165, 1.54) is 14.2 Å². The Morgan fingerprint density at radius 2 is 1.47 bits per heavy atom. The van der Waals surface area contributed by atoms with Gasteiger partial charge in [0, 0.05) is 0 Å². The second kappa shape index (κ2) is 8.18. The molecule has 0 amide bonds. The van der Waals surface area contributed by atoms with Gasteiger partial charge in [0.05, 0.1) is 26.1 Å². The van der Waals surface area contributed by atoms with Crippen molar-refractivity contribution in [2.45, 2.75) is 53.4 Å². The minimum absolute atomic E-state index is 0.0196. The Hall–Kier alpha value is -1.06. The van der Waals surface area contributed by atoms with E-state index in [1.54, 1.807) is 0 Å². The maximum absolute atomic E-state index is 11.9. The van der Waals surface area contributed by atoms with Crippen molar-refractivity contribution >= 4 is 11.9 Å². The van der Waals surface area contributed by atoms with Crippen LogP contribution in [0.2, 0.25) is 0 Å². The number of methoxy groups -OCH3 is 2. The minimum Gasteiger partial charge on any atom is -0.469 e. The van der Waals surface area contributed by atoms with Crippen LogP contribution < -0.4 is 0 Å². The van der Waals surface area contributed by atoms with Crippen LogP contribution in [0.3, 0.4) is 0 Å². The summed E-state index contributed by atoms with van der Waals surface area (Å²) in [5, 5.41) is 0. The van der Waals surface area contributed by atoms with E-state index >= 15 is 0 Å². The summed E-state index contributed by atoms with van der Waals surface area (Å²) in [6, 6.07) is 0. The first kappa shape index (κ1) is 17.9. The largest absolute Gasteiger partial charge is 0.469 e. The molecule has 0 aromatic carbocycles. The molecule has 0 radical (unpaired) electrons. The van der Waals surface area contributed by atoms with Crippen LogP contribution in [0.1, 0.15) is 53.4 Å². The molecule has 0 aliphatic heterocycles. The van der Waals surface area contributed by atoms with Gasteiger partial charge in [-0.3, -0.25) is 9.59 Å². The van der Waals surface area contributed by atoms with Gasteiger partial charge in [-0.1, -0.05) is 34.1 Å².